The number of ether oxygens (including phenoxy) is 1. The molecule has 0 spiro atoms. The second-order valence-corrected chi connectivity index (χ2v) is 8.14. The lowest BCUT2D eigenvalue weighted by Crippen LogP contribution is -2.25. The first-order chi connectivity index (χ1) is 15.8. The highest BCUT2D eigenvalue weighted by Gasteiger charge is 2.12. The first-order valence-electron chi connectivity index (χ1n) is 11.2. The molecule has 1 aliphatic heterocycles. The van der Waals surface area contributed by atoms with E-state index < -0.39 is 0 Å². The zero-order valence-electron chi connectivity index (χ0n) is 18.1. The molecule has 1 saturated heterocycles. The summed E-state index contributed by atoms with van der Waals surface area (Å²) in [5, 5.41) is 18.2. The topological polar surface area (TPSA) is 80.7 Å². The molecule has 5 rings (SSSR count). The third-order valence-electron chi connectivity index (χ3n) is 5.82. The van der Waals surface area contributed by atoms with Crippen LogP contribution in [0.3, 0.4) is 0 Å². The minimum Gasteiger partial charge on any atom is -0.492 e. The molecular formula is C24H28N6O2. The molecule has 3 aromatic heterocycles. The molecule has 8 nitrogen and oxygen atoms in total. The van der Waals surface area contributed by atoms with E-state index in [9.17, 15) is 0 Å². The van der Waals surface area contributed by atoms with Crippen LogP contribution in [0.25, 0.3) is 16.9 Å². The van der Waals surface area contributed by atoms with Gasteiger partial charge in [0.25, 0.3) is 0 Å². The number of aliphatic hydroxyl groups is 1. The molecule has 0 amide bonds. The Hall–Kier alpha value is -3.23. The number of hydrogen-bond donors (Lipinski definition) is 1. The number of pyridine rings is 1. The molecule has 4 heterocycles. The number of benzene rings is 1. The third-order valence-corrected chi connectivity index (χ3v) is 5.82. The second-order valence-electron chi connectivity index (χ2n) is 8.14. The standard InChI is InChI=1S/C24H28N6O2/c31-14-12-29-18-20(17-25-29)22-4-3-5-24-26-23(27-30(22)24)16-19-6-8-21(9-7-19)32-15-13-28-10-1-2-11-28/h3-9,17-18,31H,1-2,10-16H2. The van der Waals surface area contributed by atoms with Crippen molar-refractivity contribution in [1.29, 1.82) is 0 Å². The summed E-state index contributed by atoms with van der Waals surface area (Å²) in [4.78, 5) is 7.16. The molecule has 32 heavy (non-hydrogen) atoms. The van der Waals surface area contributed by atoms with Crippen molar-refractivity contribution in [2.24, 2.45) is 0 Å². The highest BCUT2D eigenvalue weighted by Crippen LogP contribution is 2.21. The van der Waals surface area contributed by atoms with Gasteiger partial charge in [0.05, 0.1) is 25.0 Å². The van der Waals surface area contributed by atoms with Crippen LogP contribution in [-0.2, 0) is 13.0 Å². The van der Waals surface area contributed by atoms with Crippen LogP contribution in [0.4, 0.5) is 0 Å². The van der Waals surface area contributed by atoms with E-state index in [1.807, 2.05) is 41.0 Å². The maximum Gasteiger partial charge on any atom is 0.156 e. The van der Waals surface area contributed by atoms with Crippen LogP contribution in [0.15, 0.2) is 54.9 Å². The molecule has 0 saturated carbocycles. The molecule has 0 unspecified atom stereocenters. The lowest BCUT2D eigenvalue weighted by molar-refractivity contribution is 0.238. The molecule has 0 atom stereocenters. The van der Waals surface area contributed by atoms with Gasteiger partial charge >= 0.3 is 0 Å². The lowest BCUT2D eigenvalue weighted by atomic mass is 10.1. The van der Waals surface area contributed by atoms with Gasteiger partial charge in [-0.25, -0.2) is 9.50 Å². The van der Waals surface area contributed by atoms with Crippen molar-refractivity contribution in [2.45, 2.75) is 25.8 Å². The van der Waals surface area contributed by atoms with Crippen LogP contribution in [-0.4, -0.2) is 67.2 Å². The average Bonchev–Trinajstić information content (AvgIpc) is 3.56. The van der Waals surface area contributed by atoms with E-state index in [1.54, 1.807) is 10.9 Å². The summed E-state index contributed by atoms with van der Waals surface area (Å²) < 4.78 is 9.48. The largest absolute Gasteiger partial charge is 0.492 e. The Balaban J connectivity index is 1.26. The summed E-state index contributed by atoms with van der Waals surface area (Å²) in [7, 11) is 0. The molecule has 1 N–H and O–H groups in total. The molecule has 0 bridgehead atoms. The molecule has 8 heteroatoms. The van der Waals surface area contributed by atoms with E-state index in [0.717, 1.165) is 47.2 Å². The highest BCUT2D eigenvalue weighted by molar-refractivity contribution is 5.61. The zero-order chi connectivity index (χ0) is 21.8. The molecule has 0 aliphatic carbocycles. The molecule has 1 aromatic carbocycles. The summed E-state index contributed by atoms with van der Waals surface area (Å²) in [6, 6.07) is 14.1. The first kappa shape index (κ1) is 20.7. The van der Waals surface area contributed by atoms with Gasteiger partial charge in [0.1, 0.15) is 12.4 Å². The minimum atomic E-state index is 0.0566. The monoisotopic (exact) mass is 432 g/mol. The van der Waals surface area contributed by atoms with Gasteiger partial charge in [-0.2, -0.15) is 10.2 Å². The van der Waals surface area contributed by atoms with Crippen molar-refractivity contribution >= 4 is 5.65 Å². The number of rotatable bonds is 9. The van der Waals surface area contributed by atoms with Crippen LogP contribution in [0.5, 0.6) is 5.75 Å². The Kier molecular flexibility index (Phi) is 6.13. The van der Waals surface area contributed by atoms with Crippen LogP contribution in [0.1, 0.15) is 24.2 Å². The Morgan fingerprint density at radius 3 is 2.66 bits per heavy atom. The van der Waals surface area contributed by atoms with E-state index in [2.05, 4.69) is 22.1 Å². The fraction of sp³-hybridized carbons (Fsp3) is 0.375. The SMILES string of the molecule is OCCn1cc(-c2cccc3nc(Cc4ccc(OCCN5CCCC5)cc4)nn23)cn1. The van der Waals surface area contributed by atoms with Crippen LogP contribution in [0.2, 0.25) is 0 Å². The van der Waals surface area contributed by atoms with Crippen molar-refractivity contribution < 1.29 is 9.84 Å². The highest BCUT2D eigenvalue weighted by atomic mass is 16.5. The van der Waals surface area contributed by atoms with E-state index in [-0.39, 0.29) is 6.61 Å². The van der Waals surface area contributed by atoms with E-state index in [0.29, 0.717) is 13.0 Å². The van der Waals surface area contributed by atoms with Crippen molar-refractivity contribution in [3.8, 4) is 17.0 Å². The van der Waals surface area contributed by atoms with E-state index in [4.69, 9.17) is 19.9 Å². The number of aliphatic hydroxyl groups excluding tert-OH is 1. The molecular weight excluding hydrogens is 404 g/mol. The Labute approximate surface area is 187 Å². The smallest absolute Gasteiger partial charge is 0.156 e. The number of hydrogen-bond acceptors (Lipinski definition) is 6. The summed E-state index contributed by atoms with van der Waals surface area (Å²) in [6.45, 7) is 4.64. The minimum absolute atomic E-state index is 0.0566. The predicted octanol–water partition coefficient (Wildman–Crippen LogP) is 2.65. The molecule has 0 radical (unpaired) electrons. The van der Waals surface area contributed by atoms with Gasteiger partial charge < -0.3 is 9.84 Å². The van der Waals surface area contributed by atoms with Gasteiger partial charge in [-0.05, 0) is 55.8 Å². The summed E-state index contributed by atoms with van der Waals surface area (Å²) in [5.74, 6) is 1.67. The van der Waals surface area contributed by atoms with Gasteiger partial charge in [-0.15, -0.1) is 0 Å². The van der Waals surface area contributed by atoms with Gasteiger partial charge in [-0.1, -0.05) is 18.2 Å². The van der Waals surface area contributed by atoms with Gasteiger partial charge in [0.15, 0.2) is 11.5 Å². The van der Waals surface area contributed by atoms with Crippen molar-refractivity contribution in [3.05, 3.63) is 66.2 Å². The summed E-state index contributed by atoms with van der Waals surface area (Å²) in [6.07, 6.45) is 6.96. The number of aromatic nitrogens is 5. The van der Waals surface area contributed by atoms with Crippen LogP contribution >= 0.6 is 0 Å². The molecule has 1 fully saturated rings. The van der Waals surface area contributed by atoms with Crippen molar-refractivity contribution in [3.63, 3.8) is 0 Å². The second kappa shape index (κ2) is 9.50. The third kappa shape index (κ3) is 4.66. The Morgan fingerprint density at radius 1 is 1.00 bits per heavy atom. The maximum absolute atomic E-state index is 9.12. The quantitative estimate of drug-likeness (QED) is 0.438. The van der Waals surface area contributed by atoms with Gasteiger partial charge in [-0.3, -0.25) is 9.58 Å². The average molecular weight is 433 g/mol. The molecule has 1 aliphatic rings. The van der Waals surface area contributed by atoms with Crippen molar-refractivity contribution in [1.82, 2.24) is 29.3 Å². The van der Waals surface area contributed by atoms with Crippen molar-refractivity contribution in [2.75, 3.05) is 32.8 Å². The molecule has 166 valence electrons. The lowest BCUT2D eigenvalue weighted by Gasteiger charge is -2.14. The predicted molar refractivity (Wildman–Crippen MR) is 122 cm³/mol. The van der Waals surface area contributed by atoms with E-state index >= 15 is 0 Å². The van der Waals surface area contributed by atoms with Crippen LogP contribution in [0, 0.1) is 0 Å². The van der Waals surface area contributed by atoms with E-state index in [1.165, 1.54) is 25.9 Å². The fourth-order valence-corrected chi connectivity index (χ4v) is 4.15. The zero-order valence-corrected chi connectivity index (χ0v) is 18.1. The fourth-order valence-electron chi connectivity index (χ4n) is 4.15. The van der Waals surface area contributed by atoms with Crippen LogP contribution < -0.4 is 4.74 Å². The normalized spacial score (nSPS) is 14.4. The molecule has 4 aromatic rings. The van der Waals surface area contributed by atoms with Gasteiger partial charge in [0, 0.05) is 24.7 Å². The number of fused-ring (bicyclic) bond motifs is 1. The van der Waals surface area contributed by atoms with Gasteiger partial charge in [0.2, 0.25) is 0 Å². The summed E-state index contributed by atoms with van der Waals surface area (Å²) >= 11 is 0. The first-order valence-corrected chi connectivity index (χ1v) is 11.2. The maximum atomic E-state index is 9.12. The Bertz CT molecular complexity index is 1160. The number of nitrogens with zero attached hydrogens (tertiary/aromatic N) is 6. The Morgan fingerprint density at radius 2 is 1.84 bits per heavy atom. The summed E-state index contributed by atoms with van der Waals surface area (Å²) in [5.41, 5.74) is 3.81. The number of likely N-dealkylation sites (tertiary alicyclic amines) is 1.